The summed E-state index contributed by atoms with van der Waals surface area (Å²) in [7, 11) is 1.10. The lowest BCUT2D eigenvalue weighted by atomic mass is 9.88. The van der Waals surface area contributed by atoms with E-state index in [1.807, 2.05) is 0 Å². The lowest BCUT2D eigenvalue weighted by molar-refractivity contribution is -0.385. The molecule has 4 rings (SSSR count). The molecule has 33 heavy (non-hydrogen) atoms. The molecule has 1 aliphatic rings. The van der Waals surface area contributed by atoms with Crippen molar-refractivity contribution in [2.45, 2.75) is 6.04 Å². The van der Waals surface area contributed by atoms with Crippen LogP contribution in [0.1, 0.15) is 22.0 Å². The van der Waals surface area contributed by atoms with E-state index in [1.165, 1.54) is 36.4 Å². The van der Waals surface area contributed by atoms with Gasteiger partial charge in [-0.1, -0.05) is 17.2 Å². The van der Waals surface area contributed by atoms with E-state index in [1.54, 1.807) is 0 Å². The number of esters is 1. The Morgan fingerprint density at radius 2 is 1.76 bits per heavy atom. The molecule has 2 aromatic carbocycles. The first-order chi connectivity index (χ1) is 15.8. The number of methoxy groups -OCH3 is 1. The number of nitrogens with one attached hydrogen (secondary N) is 1. The van der Waals surface area contributed by atoms with Crippen molar-refractivity contribution >= 4 is 29.1 Å². The lowest BCUT2D eigenvalue weighted by Gasteiger charge is -2.27. The van der Waals surface area contributed by atoms with E-state index in [-0.39, 0.29) is 39.7 Å². The van der Waals surface area contributed by atoms with Crippen LogP contribution in [0.15, 0.2) is 59.8 Å². The van der Waals surface area contributed by atoms with Gasteiger partial charge in [-0.25, -0.2) is 4.79 Å². The standard InChI is InChI=1S/C19H13N7O7/c1-33-18(28)15-14(17(27)10-6-8-11(9-7-10)25(29)30)16(24-19(20-15)21-22-23-24)12-4-2-3-5-13(12)26(31)32/h2-9,16H,1H3,(H,20,21,23)/t16-/m0/s1. The molecule has 0 radical (unpaired) electrons. The molecule has 0 saturated heterocycles. The van der Waals surface area contributed by atoms with Gasteiger partial charge in [0.05, 0.1) is 28.1 Å². The minimum absolute atomic E-state index is 0.00101. The van der Waals surface area contributed by atoms with Crippen LogP contribution < -0.4 is 5.32 Å². The van der Waals surface area contributed by atoms with Crippen LogP contribution in [-0.4, -0.2) is 48.9 Å². The van der Waals surface area contributed by atoms with Gasteiger partial charge in [-0.3, -0.25) is 25.0 Å². The van der Waals surface area contributed by atoms with Crippen molar-refractivity contribution in [3.8, 4) is 0 Å². The number of carbonyl (C=O) groups is 2. The van der Waals surface area contributed by atoms with E-state index in [2.05, 4.69) is 20.8 Å². The summed E-state index contributed by atoms with van der Waals surface area (Å²) in [5.74, 6) is -1.71. The summed E-state index contributed by atoms with van der Waals surface area (Å²) in [5.41, 5.74) is -1.07. The topological polar surface area (TPSA) is 185 Å². The summed E-state index contributed by atoms with van der Waals surface area (Å²) in [4.78, 5) is 47.6. The molecule has 0 spiro atoms. The van der Waals surface area contributed by atoms with Gasteiger partial charge < -0.3 is 10.1 Å². The third-order valence-corrected chi connectivity index (χ3v) is 4.92. The highest BCUT2D eigenvalue weighted by molar-refractivity contribution is 6.15. The van der Waals surface area contributed by atoms with E-state index >= 15 is 0 Å². The molecule has 0 fully saturated rings. The lowest BCUT2D eigenvalue weighted by Crippen LogP contribution is -2.33. The van der Waals surface area contributed by atoms with Crippen LogP contribution in [0.4, 0.5) is 17.3 Å². The number of nitro benzene ring substituents is 2. The Morgan fingerprint density at radius 1 is 1.06 bits per heavy atom. The van der Waals surface area contributed by atoms with E-state index < -0.39 is 27.6 Å². The van der Waals surface area contributed by atoms with E-state index in [4.69, 9.17) is 4.74 Å². The number of Topliss-reactive ketones (excluding diaryl/α,β-unsaturated/α-hetero) is 1. The molecule has 166 valence electrons. The van der Waals surface area contributed by atoms with E-state index in [9.17, 15) is 29.8 Å². The zero-order valence-electron chi connectivity index (χ0n) is 16.7. The van der Waals surface area contributed by atoms with Crippen LogP contribution in [0, 0.1) is 20.2 Å². The highest BCUT2D eigenvalue weighted by Gasteiger charge is 2.41. The van der Waals surface area contributed by atoms with Gasteiger partial charge in [-0.15, -0.1) is 0 Å². The number of fused-ring (bicyclic) bond motifs is 1. The Balaban J connectivity index is 1.97. The zero-order chi connectivity index (χ0) is 23.7. The number of hydrogen-bond donors (Lipinski definition) is 1. The minimum atomic E-state index is -1.27. The first-order valence-corrected chi connectivity index (χ1v) is 9.23. The number of ether oxygens (including phenoxy) is 1. The third-order valence-electron chi connectivity index (χ3n) is 4.92. The van der Waals surface area contributed by atoms with Gasteiger partial charge in [0.2, 0.25) is 5.95 Å². The summed E-state index contributed by atoms with van der Waals surface area (Å²) >= 11 is 0. The van der Waals surface area contributed by atoms with Gasteiger partial charge in [-0.2, -0.15) is 4.68 Å². The maximum Gasteiger partial charge on any atom is 0.355 e. The smallest absolute Gasteiger partial charge is 0.355 e. The number of para-hydroxylation sites is 1. The van der Waals surface area contributed by atoms with E-state index in [0.29, 0.717) is 0 Å². The fourth-order valence-electron chi connectivity index (χ4n) is 3.45. The molecule has 0 aliphatic carbocycles. The molecule has 3 aromatic rings. The molecule has 1 aromatic heterocycles. The summed E-state index contributed by atoms with van der Waals surface area (Å²) in [6.07, 6.45) is 0. The number of carbonyl (C=O) groups excluding carboxylic acids is 2. The molecule has 0 unspecified atom stereocenters. The van der Waals surface area contributed by atoms with Gasteiger partial charge in [0.15, 0.2) is 5.78 Å². The van der Waals surface area contributed by atoms with Crippen molar-refractivity contribution in [3.63, 3.8) is 0 Å². The molecular formula is C19H13N7O7. The average molecular weight is 451 g/mol. The average Bonchev–Trinajstić information content (AvgIpc) is 3.30. The Hall–Kier alpha value is -5.01. The Morgan fingerprint density at radius 3 is 2.39 bits per heavy atom. The van der Waals surface area contributed by atoms with Crippen LogP contribution in [-0.2, 0) is 9.53 Å². The van der Waals surface area contributed by atoms with Crippen molar-refractivity contribution in [2.75, 3.05) is 12.4 Å². The van der Waals surface area contributed by atoms with E-state index in [0.717, 1.165) is 23.9 Å². The highest BCUT2D eigenvalue weighted by Crippen LogP contribution is 2.40. The molecule has 0 amide bonds. The number of nitro groups is 2. The van der Waals surface area contributed by atoms with Crippen molar-refractivity contribution in [1.82, 2.24) is 20.2 Å². The number of tetrazole rings is 1. The van der Waals surface area contributed by atoms with Crippen molar-refractivity contribution in [3.05, 3.63) is 91.2 Å². The SMILES string of the molecule is COC(=O)C1=C(C(=O)c2ccc([N+](=O)[O-])cc2)[C@H](c2ccccc2[N+](=O)[O-])n2nnnc2N1. The van der Waals surface area contributed by atoms with Gasteiger partial charge >= 0.3 is 5.97 Å². The normalized spacial score (nSPS) is 14.8. The number of benzene rings is 2. The molecular weight excluding hydrogens is 438 g/mol. The highest BCUT2D eigenvalue weighted by atomic mass is 16.6. The second-order valence-electron chi connectivity index (χ2n) is 6.70. The fourth-order valence-corrected chi connectivity index (χ4v) is 3.45. The second-order valence-corrected chi connectivity index (χ2v) is 6.70. The Labute approximate surface area is 183 Å². The molecule has 1 N–H and O–H groups in total. The minimum Gasteiger partial charge on any atom is -0.464 e. The number of allylic oxidation sites excluding steroid dienone is 1. The number of hydrogen-bond acceptors (Lipinski definition) is 11. The Bertz CT molecular complexity index is 1330. The second kappa shape index (κ2) is 8.26. The number of non-ortho nitro benzene ring substituents is 1. The van der Waals surface area contributed by atoms with Crippen LogP contribution in [0.2, 0.25) is 0 Å². The number of aromatic nitrogens is 4. The molecule has 0 saturated carbocycles. The maximum absolute atomic E-state index is 13.6. The van der Waals surface area contributed by atoms with Crippen molar-refractivity contribution in [2.24, 2.45) is 0 Å². The van der Waals surface area contributed by atoms with Gasteiger partial charge in [0.25, 0.3) is 11.4 Å². The first kappa shape index (κ1) is 21.2. The zero-order valence-corrected chi connectivity index (χ0v) is 16.7. The number of anilines is 1. The number of ketones is 1. The monoisotopic (exact) mass is 451 g/mol. The van der Waals surface area contributed by atoms with Crippen LogP contribution >= 0.6 is 0 Å². The summed E-state index contributed by atoms with van der Waals surface area (Å²) in [5, 5.41) is 36.4. The number of nitrogens with zero attached hydrogens (tertiary/aromatic N) is 6. The molecule has 14 nitrogen and oxygen atoms in total. The van der Waals surface area contributed by atoms with Crippen LogP contribution in [0.5, 0.6) is 0 Å². The number of rotatable bonds is 6. The molecule has 0 bridgehead atoms. The first-order valence-electron chi connectivity index (χ1n) is 9.23. The fraction of sp³-hybridized carbons (Fsp3) is 0.105. The van der Waals surface area contributed by atoms with Crippen molar-refractivity contribution < 1.29 is 24.2 Å². The molecule has 1 aliphatic heterocycles. The molecule has 1 atom stereocenters. The summed E-state index contributed by atoms with van der Waals surface area (Å²) < 4.78 is 5.93. The van der Waals surface area contributed by atoms with Gasteiger partial charge in [-0.05, 0) is 28.6 Å². The van der Waals surface area contributed by atoms with Gasteiger partial charge in [0.1, 0.15) is 11.7 Å². The summed E-state index contributed by atoms with van der Waals surface area (Å²) in [6.45, 7) is 0. The maximum atomic E-state index is 13.6. The predicted molar refractivity (Wildman–Crippen MR) is 109 cm³/mol. The molecule has 2 heterocycles. The quantitative estimate of drug-likeness (QED) is 0.249. The van der Waals surface area contributed by atoms with Crippen LogP contribution in [0.3, 0.4) is 0 Å². The third kappa shape index (κ3) is 3.65. The van der Waals surface area contributed by atoms with Gasteiger partial charge in [0, 0.05) is 23.8 Å². The Kier molecular flexibility index (Phi) is 5.31. The van der Waals surface area contributed by atoms with Crippen molar-refractivity contribution in [1.29, 1.82) is 0 Å². The largest absolute Gasteiger partial charge is 0.464 e. The predicted octanol–water partition coefficient (Wildman–Crippen LogP) is 1.81. The molecule has 14 heteroatoms. The summed E-state index contributed by atoms with van der Waals surface area (Å²) in [6, 6.07) is 9.06. The van der Waals surface area contributed by atoms with Crippen LogP contribution in [0.25, 0.3) is 0 Å².